The van der Waals surface area contributed by atoms with Crippen LogP contribution in [0.15, 0.2) is 21.5 Å². The van der Waals surface area contributed by atoms with Crippen LogP contribution in [0.5, 0.6) is 5.75 Å². The summed E-state index contributed by atoms with van der Waals surface area (Å²) >= 11 is 0. The molecule has 0 amide bonds. The van der Waals surface area contributed by atoms with Crippen LogP contribution >= 0.6 is 0 Å². The lowest BCUT2D eigenvalue weighted by molar-refractivity contribution is -0.904. The summed E-state index contributed by atoms with van der Waals surface area (Å²) in [5.74, 6) is 0.319. The molecule has 28 heavy (non-hydrogen) atoms. The van der Waals surface area contributed by atoms with Crippen molar-refractivity contribution in [3.63, 3.8) is 0 Å². The van der Waals surface area contributed by atoms with Gasteiger partial charge in [0.25, 0.3) is 0 Å². The van der Waals surface area contributed by atoms with E-state index in [0.717, 1.165) is 17.3 Å². The highest BCUT2D eigenvalue weighted by Gasteiger charge is 2.17. The van der Waals surface area contributed by atoms with E-state index < -0.39 is 0 Å². The number of hydrogen-bond donors (Lipinski definition) is 1. The Balaban J connectivity index is 1.97. The Hall–Kier alpha value is -1.29. The Kier molecular flexibility index (Phi) is 13.0. The monoisotopic (exact) mass is 394 g/mol. The molecule has 162 valence electrons. The van der Waals surface area contributed by atoms with Gasteiger partial charge in [-0.05, 0) is 12.8 Å². The molecule has 0 aliphatic heterocycles. The molecule has 0 spiro atoms. The minimum absolute atomic E-state index is 0.318. The first-order valence-corrected chi connectivity index (χ1v) is 11.6. The lowest BCUT2D eigenvalue weighted by Crippen LogP contribution is -2.39. The Morgan fingerprint density at radius 1 is 0.821 bits per heavy atom. The molecule has 0 unspecified atom stereocenters. The molecule has 0 aromatic carbocycles. The first kappa shape index (κ1) is 24.7. The van der Waals surface area contributed by atoms with Crippen LogP contribution in [-0.4, -0.2) is 30.2 Å². The molecule has 0 atom stereocenters. The normalized spacial score (nSPS) is 11.8. The Labute approximate surface area is 172 Å². The predicted molar refractivity (Wildman–Crippen MR) is 118 cm³/mol. The van der Waals surface area contributed by atoms with Gasteiger partial charge in [0.05, 0.1) is 20.6 Å². The summed E-state index contributed by atoms with van der Waals surface area (Å²) in [4.78, 5) is 11.5. The number of aromatic hydroxyl groups is 1. The van der Waals surface area contributed by atoms with Crippen molar-refractivity contribution in [2.45, 2.75) is 103 Å². The maximum atomic E-state index is 11.5. The van der Waals surface area contributed by atoms with Gasteiger partial charge in [0.1, 0.15) is 12.8 Å². The van der Waals surface area contributed by atoms with Gasteiger partial charge >= 0.3 is 0 Å². The smallest absolute Gasteiger partial charge is 0.226 e. The first-order valence-electron chi connectivity index (χ1n) is 11.6. The zero-order valence-corrected chi connectivity index (χ0v) is 18.7. The highest BCUT2D eigenvalue weighted by molar-refractivity contribution is 5.15. The zero-order valence-electron chi connectivity index (χ0n) is 18.7. The zero-order chi connectivity index (χ0) is 20.7. The molecule has 0 bridgehead atoms. The second-order valence-corrected chi connectivity index (χ2v) is 9.01. The molecule has 1 rings (SSSR count). The molecule has 0 aliphatic rings. The summed E-state index contributed by atoms with van der Waals surface area (Å²) < 4.78 is 6.13. The second-order valence-electron chi connectivity index (χ2n) is 9.01. The van der Waals surface area contributed by atoms with Crippen LogP contribution < -0.4 is 5.43 Å². The van der Waals surface area contributed by atoms with Crippen molar-refractivity contribution < 1.29 is 14.0 Å². The van der Waals surface area contributed by atoms with E-state index in [2.05, 4.69) is 21.0 Å². The van der Waals surface area contributed by atoms with Crippen molar-refractivity contribution in [1.82, 2.24) is 0 Å². The fourth-order valence-electron chi connectivity index (χ4n) is 3.76. The van der Waals surface area contributed by atoms with Gasteiger partial charge in [0.15, 0.2) is 11.5 Å². The quantitative estimate of drug-likeness (QED) is 0.245. The van der Waals surface area contributed by atoms with Crippen molar-refractivity contribution in [3.05, 3.63) is 28.3 Å². The molecule has 1 aromatic rings. The lowest BCUT2D eigenvalue weighted by Gasteiger charge is -2.29. The summed E-state index contributed by atoms with van der Waals surface area (Å²) in [6.45, 7) is 4.02. The third kappa shape index (κ3) is 12.2. The van der Waals surface area contributed by atoms with Crippen LogP contribution in [-0.2, 0) is 6.54 Å². The van der Waals surface area contributed by atoms with Crippen molar-refractivity contribution in [2.75, 3.05) is 20.6 Å². The van der Waals surface area contributed by atoms with Gasteiger partial charge in [-0.3, -0.25) is 4.79 Å². The van der Waals surface area contributed by atoms with Crippen LogP contribution in [0.4, 0.5) is 0 Å². The predicted octanol–water partition coefficient (Wildman–Crippen LogP) is 6.40. The largest absolute Gasteiger partial charge is 0.502 e. The molecular formula is C24H44NO3+. The Morgan fingerprint density at radius 2 is 1.29 bits per heavy atom. The number of quaternary nitrogens is 1. The summed E-state index contributed by atoms with van der Waals surface area (Å²) in [6, 6.07) is 1.40. The van der Waals surface area contributed by atoms with E-state index in [4.69, 9.17) is 4.42 Å². The fourth-order valence-corrected chi connectivity index (χ4v) is 3.76. The topological polar surface area (TPSA) is 50.4 Å². The van der Waals surface area contributed by atoms with E-state index in [9.17, 15) is 9.90 Å². The fraction of sp³-hybridized carbons (Fsp3) is 0.792. The summed E-state index contributed by atoms with van der Waals surface area (Å²) in [7, 11) is 4.32. The van der Waals surface area contributed by atoms with Crippen molar-refractivity contribution in [3.8, 4) is 5.75 Å². The van der Waals surface area contributed by atoms with Gasteiger partial charge in [-0.15, -0.1) is 0 Å². The van der Waals surface area contributed by atoms with E-state index in [0.29, 0.717) is 12.3 Å². The Morgan fingerprint density at radius 3 is 1.75 bits per heavy atom. The number of rotatable bonds is 17. The molecule has 4 heteroatoms. The molecule has 4 nitrogen and oxygen atoms in total. The Bertz CT molecular complexity index is 565. The van der Waals surface area contributed by atoms with Gasteiger partial charge in [-0.2, -0.15) is 0 Å². The van der Waals surface area contributed by atoms with Crippen LogP contribution in [0.3, 0.4) is 0 Å². The van der Waals surface area contributed by atoms with E-state index in [-0.39, 0.29) is 11.2 Å². The third-order valence-electron chi connectivity index (χ3n) is 5.57. The van der Waals surface area contributed by atoms with Gasteiger partial charge in [0.2, 0.25) is 5.43 Å². The third-order valence-corrected chi connectivity index (χ3v) is 5.57. The number of nitrogens with zero attached hydrogens (tertiary/aromatic N) is 1. The summed E-state index contributed by atoms with van der Waals surface area (Å²) in [5.41, 5.74) is -0.363. The number of hydrogen-bond acceptors (Lipinski definition) is 3. The minimum atomic E-state index is -0.363. The van der Waals surface area contributed by atoms with E-state index in [1.54, 1.807) is 0 Å². The molecule has 1 heterocycles. The molecule has 0 saturated heterocycles. The SMILES string of the molecule is CCCCCCCCCCCCCCCC[N+](C)(C)Cc1cc(=O)c(O)co1. The molecule has 1 aromatic heterocycles. The molecule has 0 radical (unpaired) electrons. The lowest BCUT2D eigenvalue weighted by atomic mass is 10.0. The molecular weight excluding hydrogens is 350 g/mol. The summed E-state index contributed by atoms with van der Waals surface area (Å²) in [5, 5.41) is 9.27. The molecule has 0 saturated carbocycles. The molecule has 0 fully saturated rings. The van der Waals surface area contributed by atoms with E-state index >= 15 is 0 Å². The summed E-state index contributed by atoms with van der Waals surface area (Å²) in [6.07, 6.45) is 20.4. The average molecular weight is 395 g/mol. The van der Waals surface area contributed by atoms with Gasteiger partial charge in [-0.1, -0.05) is 84.0 Å². The van der Waals surface area contributed by atoms with E-state index in [1.165, 1.54) is 96.0 Å². The highest BCUT2D eigenvalue weighted by Crippen LogP contribution is 2.15. The van der Waals surface area contributed by atoms with Crippen molar-refractivity contribution in [1.29, 1.82) is 0 Å². The van der Waals surface area contributed by atoms with Crippen molar-refractivity contribution >= 4 is 0 Å². The van der Waals surface area contributed by atoms with Crippen LogP contribution in [0.25, 0.3) is 0 Å². The molecule has 1 N–H and O–H groups in total. The maximum absolute atomic E-state index is 11.5. The average Bonchev–Trinajstić information content (AvgIpc) is 2.65. The second kappa shape index (κ2) is 14.7. The minimum Gasteiger partial charge on any atom is -0.502 e. The first-order chi connectivity index (χ1) is 13.4. The molecule has 0 aliphatic carbocycles. The van der Waals surface area contributed by atoms with Gasteiger partial charge < -0.3 is 14.0 Å². The standard InChI is InChI=1S/C24H43NO3/c1-4-5-6-7-8-9-10-11-12-13-14-15-16-17-18-25(2,3)20-22-19-23(26)24(27)21-28-22/h19,21H,4-18,20H2,1-3H3/p+1. The van der Waals surface area contributed by atoms with Gasteiger partial charge in [-0.25, -0.2) is 0 Å². The van der Waals surface area contributed by atoms with E-state index in [1.807, 2.05) is 0 Å². The highest BCUT2D eigenvalue weighted by atomic mass is 16.4. The van der Waals surface area contributed by atoms with Crippen LogP contribution in [0, 0.1) is 0 Å². The number of unbranched alkanes of at least 4 members (excludes halogenated alkanes) is 13. The van der Waals surface area contributed by atoms with Crippen molar-refractivity contribution in [2.24, 2.45) is 0 Å². The maximum Gasteiger partial charge on any atom is 0.226 e. The van der Waals surface area contributed by atoms with Crippen LogP contribution in [0.2, 0.25) is 0 Å². The van der Waals surface area contributed by atoms with Crippen LogP contribution in [0.1, 0.15) is 103 Å². The van der Waals surface area contributed by atoms with Gasteiger partial charge in [0, 0.05) is 6.07 Å².